The lowest BCUT2D eigenvalue weighted by molar-refractivity contribution is 0.173. The summed E-state index contributed by atoms with van der Waals surface area (Å²) in [6, 6.07) is 9.66. The number of hydrogen-bond acceptors (Lipinski definition) is 4. The van der Waals surface area contributed by atoms with Crippen molar-refractivity contribution >= 4 is 6.03 Å². The smallest absolute Gasteiger partial charge is 0.318 e. The summed E-state index contributed by atoms with van der Waals surface area (Å²) in [7, 11) is 2.02. The minimum absolute atomic E-state index is 0.0389. The Balaban J connectivity index is 1.27. The summed E-state index contributed by atoms with van der Waals surface area (Å²) < 4.78 is 18.4. The molecular weight excluding hydrogens is 334 g/mol. The van der Waals surface area contributed by atoms with Crippen LogP contribution in [0.2, 0.25) is 0 Å². The van der Waals surface area contributed by atoms with Crippen molar-refractivity contribution in [1.82, 2.24) is 14.8 Å². The van der Waals surface area contributed by atoms with Crippen LogP contribution in [0.25, 0.3) is 0 Å². The van der Waals surface area contributed by atoms with Gasteiger partial charge in [0.25, 0.3) is 0 Å². The molecule has 1 aromatic carbocycles. The van der Waals surface area contributed by atoms with Crippen LogP contribution in [0.5, 0.6) is 17.2 Å². The fourth-order valence-corrected chi connectivity index (χ4v) is 3.53. The van der Waals surface area contributed by atoms with Gasteiger partial charge in [-0.15, -0.1) is 0 Å². The van der Waals surface area contributed by atoms with E-state index in [1.807, 2.05) is 36.3 Å². The summed E-state index contributed by atoms with van der Waals surface area (Å²) in [4.78, 5) is 14.5. The summed E-state index contributed by atoms with van der Waals surface area (Å²) in [5, 5.41) is 2.96. The molecule has 2 aliphatic rings. The third-order valence-corrected chi connectivity index (χ3v) is 4.83. The number of nitrogens with zero attached hydrogens (tertiary/aromatic N) is 2. The van der Waals surface area contributed by atoms with Crippen molar-refractivity contribution in [2.45, 2.75) is 18.9 Å². The number of hydrogen-bond donors (Lipinski definition) is 1. The molecule has 26 heavy (non-hydrogen) atoms. The molecule has 2 aromatic rings. The molecule has 3 heterocycles. The predicted octanol–water partition coefficient (Wildman–Crippen LogP) is 2.68. The van der Waals surface area contributed by atoms with E-state index in [4.69, 9.17) is 14.2 Å². The van der Waals surface area contributed by atoms with Gasteiger partial charge < -0.3 is 29.0 Å². The lowest BCUT2D eigenvalue weighted by atomic mass is 10.1. The number of urea groups is 1. The number of benzene rings is 1. The number of ether oxygens (including phenoxy) is 3. The molecule has 1 saturated heterocycles. The van der Waals surface area contributed by atoms with Gasteiger partial charge in [-0.3, -0.25) is 0 Å². The van der Waals surface area contributed by atoms with Crippen molar-refractivity contribution in [3.63, 3.8) is 0 Å². The Morgan fingerprint density at radius 2 is 2.19 bits per heavy atom. The van der Waals surface area contributed by atoms with Crippen LogP contribution in [0, 0.1) is 0 Å². The molecule has 7 nitrogen and oxygen atoms in total. The van der Waals surface area contributed by atoms with E-state index in [2.05, 4.69) is 16.0 Å². The Morgan fingerprint density at radius 3 is 3.04 bits per heavy atom. The molecule has 2 aliphatic heterocycles. The quantitative estimate of drug-likeness (QED) is 0.836. The third kappa shape index (κ3) is 3.29. The summed E-state index contributed by atoms with van der Waals surface area (Å²) in [5.41, 5.74) is 1.18. The maximum atomic E-state index is 12.5. The number of amides is 2. The van der Waals surface area contributed by atoms with E-state index in [1.165, 1.54) is 5.69 Å². The van der Waals surface area contributed by atoms with Crippen LogP contribution in [0.15, 0.2) is 36.5 Å². The Hall–Kier alpha value is -2.83. The second-order valence-electron chi connectivity index (χ2n) is 6.49. The molecule has 1 aromatic heterocycles. The minimum atomic E-state index is -0.0389. The molecule has 1 fully saturated rings. The van der Waals surface area contributed by atoms with Crippen LogP contribution in [0.4, 0.5) is 4.79 Å². The van der Waals surface area contributed by atoms with E-state index in [0.717, 1.165) is 25.1 Å². The standard InChI is InChI=1S/C19H23N3O4/c1-21-9-2-4-15(21)16-5-3-10-22(16)19(23)20-8-11-24-14-6-7-17-18(12-14)26-13-25-17/h2,4,6-7,9,12,16H,3,5,8,10-11,13H2,1H3,(H,20,23). The Bertz CT molecular complexity index is 789. The molecule has 1 N–H and O–H groups in total. The van der Waals surface area contributed by atoms with Gasteiger partial charge in [0.2, 0.25) is 6.79 Å². The first-order valence-corrected chi connectivity index (χ1v) is 8.90. The molecule has 0 radical (unpaired) electrons. The van der Waals surface area contributed by atoms with Crippen LogP contribution in [-0.2, 0) is 7.05 Å². The van der Waals surface area contributed by atoms with Crippen molar-refractivity contribution in [3.05, 3.63) is 42.2 Å². The molecule has 2 amide bonds. The maximum Gasteiger partial charge on any atom is 0.318 e. The van der Waals surface area contributed by atoms with Crippen molar-refractivity contribution in [2.24, 2.45) is 7.05 Å². The average molecular weight is 357 g/mol. The number of rotatable bonds is 5. The topological polar surface area (TPSA) is 65.0 Å². The van der Waals surface area contributed by atoms with Crippen molar-refractivity contribution < 1.29 is 19.0 Å². The first-order valence-electron chi connectivity index (χ1n) is 8.90. The van der Waals surface area contributed by atoms with Crippen LogP contribution >= 0.6 is 0 Å². The molecule has 4 rings (SSSR count). The number of likely N-dealkylation sites (tertiary alicyclic amines) is 1. The number of nitrogens with one attached hydrogen (secondary N) is 1. The van der Waals surface area contributed by atoms with E-state index in [1.54, 1.807) is 6.07 Å². The molecular formula is C19H23N3O4. The molecule has 7 heteroatoms. The number of carbonyl (C=O) groups excluding carboxylic acids is 1. The van der Waals surface area contributed by atoms with Gasteiger partial charge in [-0.1, -0.05) is 0 Å². The van der Waals surface area contributed by atoms with Gasteiger partial charge in [-0.2, -0.15) is 0 Å². The first-order chi connectivity index (χ1) is 12.7. The highest BCUT2D eigenvalue weighted by molar-refractivity contribution is 5.75. The van der Waals surface area contributed by atoms with Gasteiger partial charge in [0.05, 0.1) is 12.6 Å². The van der Waals surface area contributed by atoms with E-state index in [9.17, 15) is 4.79 Å². The number of aryl methyl sites for hydroxylation is 1. The van der Waals surface area contributed by atoms with Crippen LogP contribution in [0.3, 0.4) is 0 Å². The average Bonchev–Trinajstić information content (AvgIpc) is 3.37. The zero-order chi connectivity index (χ0) is 17.9. The van der Waals surface area contributed by atoms with E-state index in [0.29, 0.717) is 24.7 Å². The second-order valence-corrected chi connectivity index (χ2v) is 6.49. The highest BCUT2D eigenvalue weighted by Gasteiger charge is 2.31. The van der Waals surface area contributed by atoms with Crippen molar-refractivity contribution in [1.29, 1.82) is 0 Å². The molecule has 1 atom stereocenters. The lowest BCUT2D eigenvalue weighted by Crippen LogP contribution is -2.41. The zero-order valence-corrected chi connectivity index (χ0v) is 14.8. The first kappa shape index (κ1) is 16.6. The van der Waals surface area contributed by atoms with E-state index < -0.39 is 0 Å². The van der Waals surface area contributed by atoms with Crippen molar-refractivity contribution in [2.75, 3.05) is 26.5 Å². The van der Waals surface area contributed by atoms with Crippen molar-refractivity contribution in [3.8, 4) is 17.2 Å². The molecule has 0 spiro atoms. The minimum Gasteiger partial charge on any atom is -0.492 e. The SMILES string of the molecule is Cn1cccc1C1CCCN1C(=O)NCCOc1ccc2c(c1)OCO2. The summed E-state index contributed by atoms with van der Waals surface area (Å²) >= 11 is 0. The largest absolute Gasteiger partial charge is 0.492 e. The van der Waals surface area contributed by atoms with Gasteiger partial charge in [-0.25, -0.2) is 4.79 Å². The maximum absolute atomic E-state index is 12.5. The van der Waals surface area contributed by atoms with Gasteiger partial charge in [-0.05, 0) is 37.1 Å². The van der Waals surface area contributed by atoms with Crippen LogP contribution in [0.1, 0.15) is 24.6 Å². The number of carbonyl (C=O) groups is 1. The Morgan fingerprint density at radius 1 is 1.31 bits per heavy atom. The molecule has 0 bridgehead atoms. The number of aromatic nitrogens is 1. The lowest BCUT2D eigenvalue weighted by Gasteiger charge is -2.25. The van der Waals surface area contributed by atoms with Gasteiger partial charge in [0, 0.05) is 31.5 Å². The summed E-state index contributed by atoms with van der Waals surface area (Å²) in [6.07, 6.45) is 4.04. The fourth-order valence-electron chi connectivity index (χ4n) is 3.53. The van der Waals surface area contributed by atoms with Crippen LogP contribution < -0.4 is 19.5 Å². The van der Waals surface area contributed by atoms with Gasteiger partial charge in [0.1, 0.15) is 12.4 Å². The third-order valence-electron chi connectivity index (χ3n) is 4.83. The zero-order valence-electron chi connectivity index (χ0n) is 14.8. The molecule has 0 saturated carbocycles. The van der Waals surface area contributed by atoms with Crippen LogP contribution in [-0.4, -0.2) is 42.0 Å². The normalized spacial score (nSPS) is 18.2. The molecule has 138 valence electrons. The second kappa shape index (κ2) is 7.19. The Labute approximate surface area is 152 Å². The monoisotopic (exact) mass is 357 g/mol. The molecule has 0 aliphatic carbocycles. The van der Waals surface area contributed by atoms with E-state index in [-0.39, 0.29) is 18.9 Å². The summed E-state index contributed by atoms with van der Waals surface area (Å²) in [5.74, 6) is 2.12. The molecule has 1 unspecified atom stereocenters. The van der Waals surface area contributed by atoms with E-state index >= 15 is 0 Å². The van der Waals surface area contributed by atoms with Gasteiger partial charge >= 0.3 is 6.03 Å². The van der Waals surface area contributed by atoms with Gasteiger partial charge in [0.15, 0.2) is 11.5 Å². The fraction of sp³-hybridized carbons (Fsp3) is 0.421. The summed E-state index contributed by atoms with van der Waals surface area (Å²) in [6.45, 7) is 1.87. The highest BCUT2D eigenvalue weighted by Crippen LogP contribution is 2.35. The Kier molecular flexibility index (Phi) is 4.60. The predicted molar refractivity (Wildman–Crippen MR) is 95.6 cm³/mol. The highest BCUT2D eigenvalue weighted by atomic mass is 16.7. The number of fused-ring (bicyclic) bond motifs is 1.